The molecule has 1 fully saturated rings. The molecular weight excluding hydrogens is 384 g/mol. The number of benzene rings is 2. The third-order valence-electron chi connectivity index (χ3n) is 5.96. The fourth-order valence-electron chi connectivity index (χ4n) is 4.53. The van der Waals surface area contributed by atoms with Crippen molar-refractivity contribution in [2.24, 2.45) is 0 Å². The summed E-state index contributed by atoms with van der Waals surface area (Å²) < 4.78 is 7.73. The highest BCUT2D eigenvalue weighted by molar-refractivity contribution is 6.02. The first-order chi connectivity index (χ1) is 15.1. The van der Waals surface area contributed by atoms with E-state index in [1.165, 1.54) is 22.3 Å². The maximum Gasteiger partial charge on any atom is 0.150 e. The monoisotopic (exact) mass is 412 g/mol. The number of nitrogens with one attached hydrogen (secondary N) is 1. The van der Waals surface area contributed by atoms with Crippen molar-refractivity contribution in [1.29, 1.82) is 0 Å². The Balaban J connectivity index is 1.73. The van der Waals surface area contributed by atoms with Gasteiger partial charge in [-0.05, 0) is 56.9 Å². The van der Waals surface area contributed by atoms with Gasteiger partial charge in [-0.1, -0.05) is 41.5 Å². The van der Waals surface area contributed by atoms with Crippen molar-refractivity contribution < 1.29 is 4.74 Å². The molecule has 2 aromatic carbocycles. The van der Waals surface area contributed by atoms with Gasteiger partial charge in [-0.25, -0.2) is 9.97 Å². The largest absolute Gasteiger partial charge is 0.381 e. The van der Waals surface area contributed by atoms with Crippen LogP contribution in [0.3, 0.4) is 0 Å². The van der Waals surface area contributed by atoms with E-state index < -0.39 is 0 Å². The Morgan fingerprint density at radius 3 is 2.45 bits per heavy atom. The molecule has 4 aromatic rings. The van der Waals surface area contributed by atoms with E-state index in [1.54, 1.807) is 6.33 Å². The van der Waals surface area contributed by atoms with E-state index in [1.807, 2.05) is 0 Å². The lowest BCUT2D eigenvalue weighted by Gasteiger charge is -2.24. The van der Waals surface area contributed by atoms with Crippen molar-refractivity contribution in [3.8, 4) is 16.8 Å². The molecule has 0 unspecified atom stereocenters. The summed E-state index contributed by atoms with van der Waals surface area (Å²) in [5, 5.41) is 4.76. The summed E-state index contributed by atoms with van der Waals surface area (Å²) >= 11 is 0. The van der Waals surface area contributed by atoms with Gasteiger partial charge < -0.3 is 14.6 Å². The van der Waals surface area contributed by atoms with Crippen LogP contribution in [0.5, 0.6) is 0 Å². The highest BCUT2D eigenvalue weighted by Gasteiger charge is 2.21. The van der Waals surface area contributed by atoms with Crippen molar-refractivity contribution in [1.82, 2.24) is 14.5 Å². The SMILES string of the molecule is Cc1cc(C)cc(-c2cn(-c3cccc(C)c3)c3ncnc(NC4CCOCC4)c23)c1. The van der Waals surface area contributed by atoms with E-state index >= 15 is 0 Å². The number of nitrogens with zero attached hydrogens (tertiary/aromatic N) is 3. The predicted octanol–water partition coefficient (Wildman–Crippen LogP) is 5.60. The first kappa shape index (κ1) is 19.8. The second kappa shape index (κ2) is 8.16. The average Bonchev–Trinajstić information content (AvgIpc) is 3.15. The Hall–Kier alpha value is -3.18. The van der Waals surface area contributed by atoms with E-state index in [4.69, 9.17) is 9.72 Å². The summed E-state index contributed by atoms with van der Waals surface area (Å²) in [5.41, 5.74) is 8.10. The smallest absolute Gasteiger partial charge is 0.150 e. The summed E-state index contributed by atoms with van der Waals surface area (Å²) in [6, 6.07) is 15.6. The number of ether oxygens (including phenoxy) is 1. The minimum absolute atomic E-state index is 0.362. The molecule has 1 saturated heterocycles. The summed E-state index contributed by atoms with van der Waals surface area (Å²) in [4.78, 5) is 9.40. The van der Waals surface area contributed by atoms with E-state index in [0.717, 1.165) is 54.2 Å². The Labute approximate surface area is 183 Å². The molecule has 3 heterocycles. The van der Waals surface area contributed by atoms with Crippen molar-refractivity contribution in [2.45, 2.75) is 39.7 Å². The van der Waals surface area contributed by atoms with Crippen LogP contribution in [0.4, 0.5) is 5.82 Å². The molecule has 31 heavy (non-hydrogen) atoms. The highest BCUT2D eigenvalue weighted by Crippen LogP contribution is 2.36. The van der Waals surface area contributed by atoms with E-state index in [0.29, 0.717) is 6.04 Å². The van der Waals surface area contributed by atoms with Crippen LogP contribution in [-0.4, -0.2) is 33.8 Å². The van der Waals surface area contributed by atoms with Gasteiger partial charge in [0, 0.05) is 36.7 Å². The predicted molar refractivity (Wildman–Crippen MR) is 126 cm³/mol. The zero-order valence-electron chi connectivity index (χ0n) is 18.4. The van der Waals surface area contributed by atoms with Crippen LogP contribution in [-0.2, 0) is 4.74 Å². The van der Waals surface area contributed by atoms with Gasteiger partial charge >= 0.3 is 0 Å². The van der Waals surface area contributed by atoms with Gasteiger partial charge in [0.05, 0.1) is 5.39 Å². The fourth-order valence-corrected chi connectivity index (χ4v) is 4.53. The lowest BCUT2D eigenvalue weighted by Crippen LogP contribution is -2.28. The van der Waals surface area contributed by atoms with Gasteiger partial charge in [0.15, 0.2) is 5.65 Å². The molecule has 0 radical (unpaired) electrons. The number of hydrogen-bond donors (Lipinski definition) is 1. The average molecular weight is 413 g/mol. The number of aromatic nitrogens is 3. The van der Waals surface area contributed by atoms with Gasteiger partial charge in [-0.3, -0.25) is 0 Å². The highest BCUT2D eigenvalue weighted by atomic mass is 16.5. The van der Waals surface area contributed by atoms with Crippen LogP contribution >= 0.6 is 0 Å². The summed E-state index contributed by atoms with van der Waals surface area (Å²) in [7, 11) is 0. The quantitative estimate of drug-likeness (QED) is 0.474. The standard InChI is InChI=1S/C26H28N4O/c1-17-5-4-6-22(14-17)30-15-23(20-12-18(2)11-19(3)13-20)24-25(27-16-28-26(24)30)29-21-7-9-31-10-8-21/h4-6,11-16,21H,7-10H2,1-3H3,(H,27,28,29). The lowest BCUT2D eigenvalue weighted by atomic mass is 10.0. The molecule has 0 bridgehead atoms. The summed E-state index contributed by atoms with van der Waals surface area (Å²) in [6.45, 7) is 8.00. The van der Waals surface area contributed by atoms with Crippen molar-refractivity contribution in [2.75, 3.05) is 18.5 Å². The molecule has 0 saturated carbocycles. The van der Waals surface area contributed by atoms with Crippen LogP contribution < -0.4 is 5.32 Å². The maximum atomic E-state index is 5.54. The Morgan fingerprint density at radius 2 is 1.71 bits per heavy atom. The normalized spacial score (nSPS) is 14.8. The molecule has 2 aromatic heterocycles. The van der Waals surface area contributed by atoms with Crippen LogP contribution in [0.15, 0.2) is 55.0 Å². The Kier molecular flexibility index (Phi) is 5.20. The van der Waals surface area contributed by atoms with E-state index in [9.17, 15) is 0 Å². The minimum atomic E-state index is 0.362. The van der Waals surface area contributed by atoms with Crippen LogP contribution in [0, 0.1) is 20.8 Å². The summed E-state index contributed by atoms with van der Waals surface area (Å²) in [5.74, 6) is 0.900. The van der Waals surface area contributed by atoms with Gasteiger partial charge in [-0.2, -0.15) is 0 Å². The number of anilines is 1. The number of aryl methyl sites for hydroxylation is 3. The number of hydrogen-bond acceptors (Lipinski definition) is 4. The number of fused-ring (bicyclic) bond motifs is 1. The third-order valence-corrected chi connectivity index (χ3v) is 5.96. The molecule has 0 aliphatic carbocycles. The molecule has 1 N–H and O–H groups in total. The molecule has 1 aliphatic heterocycles. The van der Waals surface area contributed by atoms with Crippen LogP contribution in [0.25, 0.3) is 27.8 Å². The zero-order chi connectivity index (χ0) is 21.4. The van der Waals surface area contributed by atoms with E-state index in [2.05, 4.69) is 84.3 Å². The van der Waals surface area contributed by atoms with Crippen molar-refractivity contribution >= 4 is 16.9 Å². The maximum absolute atomic E-state index is 5.54. The Morgan fingerprint density at radius 1 is 0.935 bits per heavy atom. The van der Waals surface area contributed by atoms with Gasteiger partial charge in [0.2, 0.25) is 0 Å². The first-order valence-electron chi connectivity index (χ1n) is 10.9. The van der Waals surface area contributed by atoms with Crippen LogP contribution in [0.2, 0.25) is 0 Å². The third kappa shape index (κ3) is 3.93. The second-order valence-electron chi connectivity index (χ2n) is 8.58. The van der Waals surface area contributed by atoms with Crippen molar-refractivity contribution in [3.05, 3.63) is 71.7 Å². The first-order valence-corrected chi connectivity index (χ1v) is 10.9. The van der Waals surface area contributed by atoms with Gasteiger partial charge in [0.1, 0.15) is 12.1 Å². The molecule has 5 rings (SSSR count). The van der Waals surface area contributed by atoms with Gasteiger partial charge in [0.25, 0.3) is 0 Å². The molecule has 1 aliphatic rings. The van der Waals surface area contributed by atoms with Gasteiger partial charge in [-0.15, -0.1) is 0 Å². The fraction of sp³-hybridized carbons (Fsp3) is 0.308. The zero-order valence-corrected chi connectivity index (χ0v) is 18.4. The van der Waals surface area contributed by atoms with Crippen LogP contribution in [0.1, 0.15) is 29.5 Å². The van der Waals surface area contributed by atoms with Crippen molar-refractivity contribution in [3.63, 3.8) is 0 Å². The molecule has 5 heteroatoms. The lowest BCUT2D eigenvalue weighted by molar-refractivity contribution is 0.0904. The number of rotatable bonds is 4. The van der Waals surface area contributed by atoms with E-state index in [-0.39, 0.29) is 0 Å². The molecular formula is C26H28N4O. The molecule has 5 nitrogen and oxygen atoms in total. The molecule has 0 amide bonds. The molecule has 0 spiro atoms. The topological polar surface area (TPSA) is 52.0 Å². The summed E-state index contributed by atoms with van der Waals surface area (Å²) in [6.07, 6.45) is 5.85. The Bertz CT molecular complexity index is 1220. The second-order valence-corrected chi connectivity index (χ2v) is 8.58. The minimum Gasteiger partial charge on any atom is -0.381 e. The molecule has 0 atom stereocenters. The molecule has 158 valence electrons.